The van der Waals surface area contributed by atoms with Crippen LogP contribution in [0.4, 0.5) is 10.1 Å². The summed E-state index contributed by atoms with van der Waals surface area (Å²) >= 11 is 0. The van der Waals surface area contributed by atoms with Crippen LogP contribution in [0.3, 0.4) is 0 Å². The highest BCUT2D eigenvalue weighted by Crippen LogP contribution is 2.46. The van der Waals surface area contributed by atoms with Gasteiger partial charge < -0.3 is 15.8 Å². The number of amides is 1. The molecular formula is C26H26BFN4O5S. The number of carbonyl (C=O) groups is 1. The van der Waals surface area contributed by atoms with E-state index in [1.165, 1.54) is 33.1 Å². The summed E-state index contributed by atoms with van der Waals surface area (Å²) in [5, 5.41) is 23.6. The van der Waals surface area contributed by atoms with Gasteiger partial charge in [0, 0.05) is 5.56 Å². The minimum atomic E-state index is -3.77. The zero-order chi connectivity index (χ0) is 27.4. The van der Waals surface area contributed by atoms with Crippen molar-refractivity contribution < 1.29 is 27.7 Å². The molecule has 1 amide bonds. The van der Waals surface area contributed by atoms with Crippen LogP contribution in [0.25, 0.3) is 16.8 Å². The Morgan fingerprint density at radius 1 is 1.18 bits per heavy atom. The highest BCUT2D eigenvalue weighted by molar-refractivity contribution is 7.92. The topological polar surface area (TPSA) is 138 Å². The molecule has 1 fully saturated rings. The SMILES string of the molecule is Cc1cc(CN(c2cn3nc(-c4ccc(F)cc4)c(C(N)=O)c3cc2C2CC2)S(C)(=O)=O)ccc1B(O)O. The molecule has 0 atom stereocenters. The third kappa shape index (κ3) is 4.90. The zero-order valence-corrected chi connectivity index (χ0v) is 21.6. The number of benzene rings is 2. The van der Waals surface area contributed by atoms with E-state index in [9.17, 15) is 27.7 Å². The molecule has 196 valence electrons. The van der Waals surface area contributed by atoms with Crippen molar-refractivity contribution in [2.24, 2.45) is 5.73 Å². The van der Waals surface area contributed by atoms with Gasteiger partial charge in [0.2, 0.25) is 10.0 Å². The Morgan fingerprint density at radius 2 is 1.87 bits per heavy atom. The van der Waals surface area contributed by atoms with Crippen molar-refractivity contribution in [2.75, 3.05) is 10.6 Å². The van der Waals surface area contributed by atoms with E-state index in [1.54, 1.807) is 37.4 Å². The molecule has 0 radical (unpaired) electrons. The molecule has 0 spiro atoms. The Hall–Kier alpha value is -3.74. The molecule has 2 heterocycles. The van der Waals surface area contributed by atoms with Crippen LogP contribution in [0.5, 0.6) is 0 Å². The molecule has 1 aliphatic rings. The van der Waals surface area contributed by atoms with Crippen LogP contribution in [0, 0.1) is 12.7 Å². The smallest absolute Gasteiger partial charge is 0.423 e. The summed E-state index contributed by atoms with van der Waals surface area (Å²) in [6.07, 6.45) is 4.44. The van der Waals surface area contributed by atoms with E-state index in [-0.39, 0.29) is 23.7 Å². The van der Waals surface area contributed by atoms with E-state index < -0.39 is 28.9 Å². The van der Waals surface area contributed by atoms with E-state index >= 15 is 0 Å². The van der Waals surface area contributed by atoms with E-state index in [4.69, 9.17) is 5.73 Å². The van der Waals surface area contributed by atoms with Gasteiger partial charge in [-0.05, 0) is 72.6 Å². The highest BCUT2D eigenvalue weighted by Gasteiger charge is 2.33. The van der Waals surface area contributed by atoms with Crippen molar-refractivity contribution in [1.29, 1.82) is 0 Å². The number of hydrogen-bond acceptors (Lipinski definition) is 6. The standard InChI is InChI=1S/C26H26BFN4O5S/c1-15-11-16(3-10-21(15)27(34)35)13-32(38(2,36)37)23-14-31-22(12-20(23)17-4-5-17)24(26(29)33)25(30-31)18-6-8-19(28)9-7-18/h3,6-12,14,17,34-35H,4-5,13H2,1-2H3,(H2,29,33). The van der Waals surface area contributed by atoms with Crippen LogP contribution < -0.4 is 15.5 Å². The summed E-state index contributed by atoms with van der Waals surface area (Å²) in [5.41, 5.74) is 9.92. The first-order valence-corrected chi connectivity index (χ1v) is 13.8. The molecule has 9 nitrogen and oxygen atoms in total. The molecular weight excluding hydrogens is 510 g/mol. The van der Waals surface area contributed by atoms with Crippen molar-refractivity contribution in [3.05, 3.63) is 82.8 Å². The lowest BCUT2D eigenvalue weighted by Crippen LogP contribution is -2.33. The quantitative estimate of drug-likeness (QED) is 0.295. The molecule has 5 rings (SSSR count). The van der Waals surface area contributed by atoms with Crippen molar-refractivity contribution in [3.8, 4) is 11.3 Å². The molecule has 4 N–H and O–H groups in total. The molecule has 0 aliphatic heterocycles. The largest absolute Gasteiger partial charge is 0.488 e. The van der Waals surface area contributed by atoms with Crippen LogP contribution in [-0.2, 0) is 16.6 Å². The van der Waals surface area contributed by atoms with E-state index in [2.05, 4.69) is 5.10 Å². The van der Waals surface area contributed by atoms with Crippen LogP contribution in [-0.4, -0.2) is 47.4 Å². The molecule has 1 saturated carbocycles. The summed E-state index contributed by atoms with van der Waals surface area (Å²) in [7, 11) is -5.40. The van der Waals surface area contributed by atoms with Gasteiger partial charge in [0.1, 0.15) is 11.5 Å². The highest BCUT2D eigenvalue weighted by atomic mass is 32.2. The van der Waals surface area contributed by atoms with Gasteiger partial charge >= 0.3 is 7.12 Å². The van der Waals surface area contributed by atoms with Gasteiger partial charge in [-0.25, -0.2) is 17.3 Å². The average Bonchev–Trinajstić information content (AvgIpc) is 3.61. The summed E-state index contributed by atoms with van der Waals surface area (Å²) in [4.78, 5) is 12.5. The number of carbonyl (C=O) groups excluding carboxylic acids is 1. The molecule has 0 saturated heterocycles. The van der Waals surface area contributed by atoms with Crippen LogP contribution in [0.1, 0.15) is 45.8 Å². The number of anilines is 1. The van der Waals surface area contributed by atoms with Crippen molar-refractivity contribution in [3.63, 3.8) is 0 Å². The minimum Gasteiger partial charge on any atom is -0.423 e. The fourth-order valence-corrected chi connectivity index (χ4v) is 5.64. The maximum Gasteiger partial charge on any atom is 0.488 e. The monoisotopic (exact) mass is 536 g/mol. The van der Waals surface area contributed by atoms with Crippen molar-refractivity contribution >= 4 is 39.7 Å². The molecule has 2 aromatic carbocycles. The second kappa shape index (κ2) is 9.53. The van der Waals surface area contributed by atoms with Crippen LogP contribution >= 0.6 is 0 Å². The lowest BCUT2D eigenvalue weighted by Gasteiger charge is -2.26. The lowest BCUT2D eigenvalue weighted by molar-refractivity contribution is 0.100. The lowest BCUT2D eigenvalue weighted by atomic mass is 9.77. The second-order valence-corrected chi connectivity index (χ2v) is 11.6. The zero-order valence-electron chi connectivity index (χ0n) is 20.8. The third-order valence-corrected chi connectivity index (χ3v) is 7.90. The molecule has 0 unspecified atom stereocenters. The predicted octanol–water partition coefficient (Wildman–Crippen LogP) is 2.07. The third-order valence-electron chi connectivity index (χ3n) is 6.77. The van der Waals surface area contributed by atoms with Gasteiger partial charge in [0.25, 0.3) is 5.91 Å². The van der Waals surface area contributed by atoms with E-state index in [0.29, 0.717) is 33.4 Å². The number of hydrogen-bond donors (Lipinski definition) is 3. The van der Waals surface area contributed by atoms with Crippen molar-refractivity contribution in [2.45, 2.75) is 32.2 Å². The maximum absolute atomic E-state index is 13.5. The molecule has 38 heavy (non-hydrogen) atoms. The first-order valence-electron chi connectivity index (χ1n) is 12.0. The van der Waals surface area contributed by atoms with Crippen LogP contribution in [0.15, 0.2) is 54.7 Å². The number of primary amides is 1. The Labute approximate surface area is 219 Å². The first-order chi connectivity index (χ1) is 17.9. The van der Waals surface area contributed by atoms with Crippen molar-refractivity contribution in [1.82, 2.24) is 9.61 Å². The fraction of sp³-hybridized carbons (Fsp3) is 0.231. The fourth-order valence-electron chi connectivity index (χ4n) is 4.75. The van der Waals surface area contributed by atoms with E-state index in [0.717, 1.165) is 24.7 Å². The number of nitrogens with two attached hydrogens (primary N) is 1. The number of aryl methyl sites for hydroxylation is 1. The maximum atomic E-state index is 13.5. The minimum absolute atomic E-state index is 0.00146. The number of pyridine rings is 1. The molecule has 4 aromatic rings. The van der Waals surface area contributed by atoms with Gasteiger partial charge in [-0.1, -0.05) is 23.8 Å². The Balaban J connectivity index is 1.68. The molecule has 0 bridgehead atoms. The van der Waals surface area contributed by atoms with Gasteiger partial charge in [-0.2, -0.15) is 5.10 Å². The number of rotatable bonds is 8. The number of aromatic nitrogens is 2. The summed E-state index contributed by atoms with van der Waals surface area (Å²) in [6.45, 7) is 1.72. The second-order valence-electron chi connectivity index (χ2n) is 9.65. The Kier molecular flexibility index (Phi) is 6.50. The number of nitrogens with zero attached hydrogens (tertiary/aromatic N) is 3. The first kappa shape index (κ1) is 25.9. The number of fused-ring (bicyclic) bond motifs is 1. The number of sulfonamides is 1. The average molecular weight is 536 g/mol. The van der Waals surface area contributed by atoms with Gasteiger partial charge in [0.15, 0.2) is 0 Å². The summed E-state index contributed by atoms with van der Waals surface area (Å²) < 4.78 is 42.4. The Bertz CT molecular complexity index is 1670. The molecule has 12 heteroatoms. The predicted molar refractivity (Wildman–Crippen MR) is 143 cm³/mol. The summed E-state index contributed by atoms with van der Waals surface area (Å²) in [5.74, 6) is -1.02. The normalized spacial score (nSPS) is 13.6. The van der Waals surface area contributed by atoms with Gasteiger partial charge in [0.05, 0.1) is 35.8 Å². The van der Waals surface area contributed by atoms with Gasteiger partial charge in [-0.15, -0.1) is 0 Å². The van der Waals surface area contributed by atoms with E-state index in [1.807, 2.05) is 0 Å². The Morgan fingerprint density at radius 3 is 2.42 bits per heavy atom. The number of halogens is 1. The van der Waals surface area contributed by atoms with Crippen LogP contribution in [0.2, 0.25) is 0 Å². The molecule has 2 aromatic heterocycles. The molecule has 1 aliphatic carbocycles. The van der Waals surface area contributed by atoms with Gasteiger partial charge in [-0.3, -0.25) is 9.10 Å². The summed E-state index contributed by atoms with van der Waals surface area (Å²) in [6, 6.07) is 12.2.